The molecule has 2 amide bonds. The van der Waals surface area contributed by atoms with Gasteiger partial charge in [-0.15, -0.1) is 5.10 Å². The maximum absolute atomic E-state index is 11.4. The summed E-state index contributed by atoms with van der Waals surface area (Å²) in [4.78, 5) is 17.3. The first-order valence-corrected chi connectivity index (χ1v) is 7.05. The van der Waals surface area contributed by atoms with Crippen molar-refractivity contribution in [3.05, 3.63) is 29.1 Å². The van der Waals surface area contributed by atoms with Crippen molar-refractivity contribution in [3.8, 4) is 11.3 Å². The lowest BCUT2D eigenvalue weighted by molar-refractivity contribution is 0.215. The number of nitrogens with one attached hydrogen (secondary N) is 1. The van der Waals surface area contributed by atoms with Crippen molar-refractivity contribution in [2.24, 2.45) is 0 Å². The number of nitrogens with zero attached hydrogens (tertiary/aromatic N) is 5. The van der Waals surface area contributed by atoms with Gasteiger partial charge in [0, 0.05) is 42.1 Å². The highest BCUT2D eigenvalue weighted by Gasteiger charge is 2.18. The van der Waals surface area contributed by atoms with Crippen LogP contribution in [0.2, 0.25) is 0 Å². The predicted molar refractivity (Wildman–Crippen MR) is 75.9 cm³/mol. The molecule has 0 bridgehead atoms. The van der Waals surface area contributed by atoms with Crippen LogP contribution in [0.25, 0.3) is 11.3 Å². The molecule has 0 atom stereocenters. The molecule has 1 fully saturated rings. The van der Waals surface area contributed by atoms with E-state index in [-0.39, 0.29) is 6.03 Å². The van der Waals surface area contributed by atoms with Gasteiger partial charge in [0.1, 0.15) is 5.69 Å². The predicted octanol–water partition coefficient (Wildman–Crippen LogP) is 1.13. The van der Waals surface area contributed by atoms with Crippen molar-refractivity contribution in [3.63, 3.8) is 0 Å². The Morgan fingerprint density at radius 2 is 2.25 bits per heavy atom. The number of hydrogen-bond donors (Lipinski definition) is 1. The Bertz CT molecular complexity index is 628. The molecule has 2 aromatic rings. The molecular weight excluding hydrogens is 324 g/mol. The molecule has 1 aliphatic heterocycles. The van der Waals surface area contributed by atoms with E-state index in [1.54, 1.807) is 22.0 Å². The highest BCUT2D eigenvalue weighted by molar-refractivity contribution is 9.10. The van der Waals surface area contributed by atoms with Crippen LogP contribution in [-0.2, 0) is 6.54 Å². The maximum Gasteiger partial charge on any atom is 0.317 e. The number of hydrogen-bond acceptors (Lipinski definition) is 4. The van der Waals surface area contributed by atoms with Crippen LogP contribution in [0.3, 0.4) is 0 Å². The van der Waals surface area contributed by atoms with Gasteiger partial charge >= 0.3 is 6.03 Å². The van der Waals surface area contributed by atoms with E-state index < -0.39 is 0 Å². The number of carbonyl (C=O) groups excluding carboxylic acids is 1. The van der Waals surface area contributed by atoms with E-state index in [0.717, 1.165) is 22.3 Å². The zero-order valence-corrected chi connectivity index (χ0v) is 12.2. The third kappa shape index (κ3) is 2.79. The molecule has 0 saturated carbocycles. The molecule has 3 heterocycles. The van der Waals surface area contributed by atoms with Crippen LogP contribution in [-0.4, -0.2) is 50.5 Å². The van der Waals surface area contributed by atoms with Crippen LogP contribution >= 0.6 is 15.9 Å². The van der Waals surface area contributed by atoms with E-state index in [1.807, 2.05) is 12.3 Å². The molecule has 0 unspecified atom stereocenters. The quantitative estimate of drug-likeness (QED) is 0.907. The molecule has 0 aliphatic carbocycles. The van der Waals surface area contributed by atoms with Crippen molar-refractivity contribution in [1.29, 1.82) is 0 Å². The Morgan fingerprint density at radius 1 is 1.35 bits per heavy atom. The number of halogens is 1. The largest absolute Gasteiger partial charge is 0.336 e. The minimum Gasteiger partial charge on any atom is -0.336 e. The lowest BCUT2D eigenvalue weighted by atomic mass is 10.2. The van der Waals surface area contributed by atoms with Gasteiger partial charge in [-0.25, -0.2) is 4.79 Å². The number of pyridine rings is 1. The highest BCUT2D eigenvalue weighted by Crippen LogP contribution is 2.19. The average molecular weight is 337 g/mol. The summed E-state index contributed by atoms with van der Waals surface area (Å²) in [6.07, 6.45) is 5.32. The standard InChI is InChI=1S/C12H13BrN6O/c13-10-5-9(6-14-7-10)11-8-19(17-16-11)4-3-18-2-1-15-12(18)20/h5-8H,1-4H2,(H,15,20). The molecule has 0 radical (unpaired) electrons. The number of carbonyl (C=O) groups is 1. The van der Waals surface area contributed by atoms with Gasteiger partial charge in [0.2, 0.25) is 0 Å². The molecule has 1 saturated heterocycles. The fraction of sp³-hybridized carbons (Fsp3) is 0.333. The Morgan fingerprint density at radius 3 is 3.00 bits per heavy atom. The molecule has 8 heteroatoms. The van der Waals surface area contributed by atoms with Crippen molar-refractivity contribution in [2.75, 3.05) is 19.6 Å². The fourth-order valence-corrected chi connectivity index (χ4v) is 2.40. The molecule has 7 nitrogen and oxygen atoms in total. The first kappa shape index (κ1) is 13.0. The van der Waals surface area contributed by atoms with Gasteiger partial charge in [0.15, 0.2) is 0 Å². The van der Waals surface area contributed by atoms with Gasteiger partial charge < -0.3 is 10.2 Å². The normalized spacial score (nSPS) is 14.7. The lowest BCUT2D eigenvalue weighted by Crippen LogP contribution is -2.31. The number of rotatable bonds is 4. The summed E-state index contributed by atoms with van der Waals surface area (Å²) in [5.41, 5.74) is 1.68. The van der Waals surface area contributed by atoms with Crippen molar-refractivity contribution < 1.29 is 4.79 Å². The molecule has 1 N–H and O–H groups in total. The second-order valence-electron chi connectivity index (χ2n) is 4.48. The van der Waals surface area contributed by atoms with E-state index in [1.165, 1.54) is 0 Å². The number of aromatic nitrogens is 4. The SMILES string of the molecule is O=C1NCCN1CCn1cc(-c2cncc(Br)c2)nn1. The Kier molecular flexibility index (Phi) is 3.64. The van der Waals surface area contributed by atoms with Crippen molar-refractivity contribution in [2.45, 2.75) is 6.54 Å². The monoisotopic (exact) mass is 336 g/mol. The van der Waals surface area contributed by atoms with Crippen LogP contribution < -0.4 is 5.32 Å². The second kappa shape index (κ2) is 5.58. The fourth-order valence-electron chi connectivity index (χ4n) is 2.04. The smallest absolute Gasteiger partial charge is 0.317 e. The minimum absolute atomic E-state index is 0.0125. The number of amides is 2. The van der Waals surface area contributed by atoms with Crippen LogP contribution in [0.1, 0.15) is 0 Å². The molecule has 20 heavy (non-hydrogen) atoms. The van der Waals surface area contributed by atoms with Crippen LogP contribution in [0.15, 0.2) is 29.1 Å². The zero-order valence-electron chi connectivity index (χ0n) is 10.7. The summed E-state index contributed by atoms with van der Waals surface area (Å²) in [7, 11) is 0. The first-order chi connectivity index (χ1) is 9.72. The molecule has 1 aliphatic rings. The van der Waals surface area contributed by atoms with Gasteiger partial charge in [0.05, 0.1) is 12.7 Å². The highest BCUT2D eigenvalue weighted by atomic mass is 79.9. The summed E-state index contributed by atoms with van der Waals surface area (Å²) in [6, 6.07) is 1.93. The van der Waals surface area contributed by atoms with Gasteiger partial charge in [0.25, 0.3) is 0 Å². The molecule has 104 valence electrons. The molecule has 0 aromatic carbocycles. The summed E-state index contributed by atoms with van der Waals surface area (Å²) in [5, 5.41) is 11.0. The Balaban J connectivity index is 1.66. The van der Waals surface area contributed by atoms with E-state index >= 15 is 0 Å². The lowest BCUT2D eigenvalue weighted by Gasteiger charge is -2.12. The summed E-state index contributed by atoms with van der Waals surface area (Å²) < 4.78 is 2.64. The summed E-state index contributed by atoms with van der Waals surface area (Å²) >= 11 is 3.38. The topological polar surface area (TPSA) is 75.9 Å². The Hall–Kier alpha value is -1.96. The Labute approximate surface area is 124 Å². The van der Waals surface area contributed by atoms with Crippen molar-refractivity contribution >= 4 is 22.0 Å². The average Bonchev–Trinajstić information content (AvgIpc) is 3.05. The molecular formula is C12H13BrN6O. The molecule has 0 spiro atoms. The third-order valence-corrected chi connectivity index (χ3v) is 3.52. The van der Waals surface area contributed by atoms with Crippen molar-refractivity contribution in [1.82, 2.24) is 30.2 Å². The molecule has 2 aromatic heterocycles. The van der Waals surface area contributed by atoms with Crippen LogP contribution in [0, 0.1) is 0 Å². The number of urea groups is 1. The van der Waals surface area contributed by atoms with E-state index in [0.29, 0.717) is 19.6 Å². The van der Waals surface area contributed by atoms with Gasteiger partial charge in [-0.3, -0.25) is 9.67 Å². The first-order valence-electron chi connectivity index (χ1n) is 6.26. The van der Waals surface area contributed by atoms with E-state index in [9.17, 15) is 4.79 Å². The van der Waals surface area contributed by atoms with Gasteiger partial charge in [-0.2, -0.15) is 0 Å². The van der Waals surface area contributed by atoms with Crippen LogP contribution in [0.4, 0.5) is 4.79 Å². The van der Waals surface area contributed by atoms with Crippen LogP contribution in [0.5, 0.6) is 0 Å². The minimum atomic E-state index is -0.0125. The molecule has 3 rings (SSSR count). The van der Waals surface area contributed by atoms with E-state index in [4.69, 9.17) is 0 Å². The van der Waals surface area contributed by atoms with E-state index in [2.05, 4.69) is 36.5 Å². The maximum atomic E-state index is 11.4. The van der Waals surface area contributed by atoms with Gasteiger partial charge in [-0.05, 0) is 22.0 Å². The second-order valence-corrected chi connectivity index (χ2v) is 5.39. The summed E-state index contributed by atoms with van der Waals surface area (Å²) in [5.74, 6) is 0. The zero-order chi connectivity index (χ0) is 13.9. The summed E-state index contributed by atoms with van der Waals surface area (Å²) in [6.45, 7) is 2.72. The van der Waals surface area contributed by atoms with Gasteiger partial charge in [-0.1, -0.05) is 5.21 Å². The third-order valence-electron chi connectivity index (χ3n) is 3.08.